The van der Waals surface area contributed by atoms with Crippen molar-refractivity contribution in [1.29, 1.82) is 0 Å². The lowest BCUT2D eigenvalue weighted by Gasteiger charge is -2.08. The van der Waals surface area contributed by atoms with E-state index in [1.807, 2.05) is 12.1 Å². The number of anilines is 1. The summed E-state index contributed by atoms with van der Waals surface area (Å²) in [6, 6.07) is 10.1. The van der Waals surface area contributed by atoms with E-state index in [0.717, 1.165) is 16.3 Å². The van der Waals surface area contributed by atoms with Crippen LogP contribution in [0.3, 0.4) is 0 Å². The monoisotopic (exact) mass is 253 g/mol. The van der Waals surface area contributed by atoms with Crippen LogP contribution in [-0.4, -0.2) is 9.97 Å². The molecule has 0 saturated heterocycles. The molecule has 0 aliphatic heterocycles. The fourth-order valence-corrected chi connectivity index (χ4v) is 2.29. The van der Waals surface area contributed by atoms with Crippen molar-refractivity contribution in [3.63, 3.8) is 0 Å². The number of hydrogen-bond donors (Lipinski definition) is 2. The van der Waals surface area contributed by atoms with Crippen molar-refractivity contribution in [3.8, 4) is 0 Å². The first-order valence-electron chi connectivity index (χ1n) is 6.28. The first-order chi connectivity index (χ1) is 9.04. The Balaban J connectivity index is 2.39. The number of benzene rings is 2. The molecule has 1 aromatic heterocycles. The summed E-state index contributed by atoms with van der Waals surface area (Å²) < 4.78 is 0. The Hall–Kier alpha value is -2.36. The van der Waals surface area contributed by atoms with E-state index in [1.54, 1.807) is 0 Å². The van der Waals surface area contributed by atoms with Crippen LogP contribution in [0.2, 0.25) is 0 Å². The van der Waals surface area contributed by atoms with E-state index in [0.29, 0.717) is 11.3 Å². The number of fused-ring (bicyclic) bond motifs is 2. The summed E-state index contributed by atoms with van der Waals surface area (Å²) in [5.41, 5.74) is 7.26. The van der Waals surface area contributed by atoms with Gasteiger partial charge in [-0.1, -0.05) is 32.0 Å². The molecular formula is C15H15N3O. The van der Waals surface area contributed by atoms with Crippen molar-refractivity contribution < 1.29 is 0 Å². The second-order valence-corrected chi connectivity index (χ2v) is 5.09. The lowest BCUT2D eigenvalue weighted by molar-refractivity contribution is 0.869. The summed E-state index contributed by atoms with van der Waals surface area (Å²) in [6.07, 6.45) is 0. The molecule has 19 heavy (non-hydrogen) atoms. The predicted molar refractivity (Wildman–Crippen MR) is 78.4 cm³/mol. The average Bonchev–Trinajstić information content (AvgIpc) is 2.36. The zero-order chi connectivity index (χ0) is 13.6. The number of hydrogen-bond acceptors (Lipinski definition) is 3. The Morgan fingerprint density at radius 3 is 2.68 bits per heavy atom. The lowest BCUT2D eigenvalue weighted by atomic mass is 9.98. The fourth-order valence-electron chi connectivity index (χ4n) is 2.29. The van der Waals surface area contributed by atoms with Crippen LogP contribution in [0, 0.1) is 0 Å². The van der Waals surface area contributed by atoms with Crippen molar-refractivity contribution in [3.05, 3.63) is 46.2 Å². The van der Waals surface area contributed by atoms with Crippen LogP contribution in [-0.2, 0) is 0 Å². The van der Waals surface area contributed by atoms with Gasteiger partial charge in [-0.15, -0.1) is 0 Å². The van der Waals surface area contributed by atoms with Gasteiger partial charge >= 0.3 is 0 Å². The lowest BCUT2D eigenvalue weighted by Crippen LogP contribution is -2.11. The molecule has 0 amide bonds. The minimum Gasteiger partial charge on any atom is -0.369 e. The van der Waals surface area contributed by atoms with E-state index in [1.165, 1.54) is 5.56 Å². The summed E-state index contributed by atoms with van der Waals surface area (Å²) >= 11 is 0. The van der Waals surface area contributed by atoms with Crippen LogP contribution in [0.1, 0.15) is 25.3 Å². The largest absolute Gasteiger partial charge is 0.369 e. The maximum Gasteiger partial charge on any atom is 0.282 e. The minimum atomic E-state index is -0.289. The normalized spacial score (nSPS) is 11.5. The van der Waals surface area contributed by atoms with Gasteiger partial charge in [-0.3, -0.25) is 4.79 Å². The van der Waals surface area contributed by atoms with Gasteiger partial charge in [0.1, 0.15) is 0 Å². The molecule has 0 fully saturated rings. The molecule has 96 valence electrons. The SMILES string of the molecule is CC(C)c1ccc2cc3[nH]c(N)nc(=O)c3cc2c1. The third-order valence-corrected chi connectivity index (χ3v) is 3.38. The van der Waals surface area contributed by atoms with Gasteiger partial charge in [0.2, 0.25) is 5.95 Å². The third-order valence-electron chi connectivity index (χ3n) is 3.38. The van der Waals surface area contributed by atoms with Crippen LogP contribution in [0.4, 0.5) is 5.95 Å². The van der Waals surface area contributed by atoms with E-state index in [-0.39, 0.29) is 11.5 Å². The van der Waals surface area contributed by atoms with Crippen molar-refractivity contribution in [1.82, 2.24) is 9.97 Å². The number of rotatable bonds is 1. The highest BCUT2D eigenvalue weighted by Gasteiger charge is 2.06. The molecule has 0 atom stereocenters. The summed E-state index contributed by atoms with van der Waals surface area (Å²) in [4.78, 5) is 18.5. The van der Waals surface area contributed by atoms with Crippen molar-refractivity contribution in [2.45, 2.75) is 19.8 Å². The first kappa shape index (κ1) is 11.7. The van der Waals surface area contributed by atoms with Crippen molar-refractivity contribution in [2.24, 2.45) is 0 Å². The molecule has 4 nitrogen and oxygen atoms in total. The number of aromatic amines is 1. The average molecular weight is 253 g/mol. The van der Waals surface area contributed by atoms with Gasteiger partial charge in [0, 0.05) is 0 Å². The van der Waals surface area contributed by atoms with E-state index < -0.39 is 0 Å². The van der Waals surface area contributed by atoms with Crippen LogP contribution in [0.25, 0.3) is 21.7 Å². The number of nitrogens with zero attached hydrogens (tertiary/aromatic N) is 1. The molecule has 0 unspecified atom stereocenters. The molecule has 3 N–H and O–H groups in total. The molecule has 0 spiro atoms. The van der Waals surface area contributed by atoms with Gasteiger partial charge in [0.15, 0.2) is 0 Å². The predicted octanol–water partition coefficient (Wildman–Crippen LogP) is 2.78. The van der Waals surface area contributed by atoms with Crippen LogP contribution in [0.15, 0.2) is 35.1 Å². The highest BCUT2D eigenvalue weighted by atomic mass is 16.1. The van der Waals surface area contributed by atoms with Crippen LogP contribution in [0.5, 0.6) is 0 Å². The molecule has 2 aromatic carbocycles. The zero-order valence-corrected chi connectivity index (χ0v) is 10.9. The Labute approximate surface area is 110 Å². The summed E-state index contributed by atoms with van der Waals surface area (Å²) in [7, 11) is 0. The standard InChI is InChI=1S/C15H15N3O/c1-8(2)9-3-4-10-7-13-12(6-11(10)5-9)14(19)18-15(16)17-13/h3-8H,1-2H3,(H3,16,17,18,19). The van der Waals surface area contributed by atoms with Gasteiger partial charge in [0.05, 0.1) is 10.9 Å². The minimum absolute atomic E-state index is 0.149. The number of nitrogens with two attached hydrogens (primary N) is 1. The van der Waals surface area contributed by atoms with Gasteiger partial charge in [-0.2, -0.15) is 4.98 Å². The summed E-state index contributed by atoms with van der Waals surface area (Å²) in [5.74, 6) is 0.610. The Morgan fingerprint density at radius 2 is 1.95 bits per heavy atom. The Kier molecular flexibility index (Phi) is 2.52. The summed E-state index contributed by atoms with van der Waals surface area (Å²) in [6.45, 7) is 4.30. The molecule has 0 aliphatic rings. The quantitative estimate of drug-likeness (QED) is 0.655. The van der Waals surface area contributed by atoms with Crippen LogP contribution < -0.4 is 11.3 Å². The van der Waals surface area contributed by atoms with E-state index in [9.17, 15) is 4.79 Å². The molecule has 0 saturated carbocycles. The van der Waals surface area contributed by atoms with Crippen LogP contribution >= 0.6 is 0 Å². The molecule has 3 aromatic rings. The fraction of sp³-hybridized carbons (Fsp3) is 0.200. The first-order valence-corrected chi connectivity index (χ1v) is 6.28. The zero-order valence-electron chi connectivity index (χ0n) is 10.9. The molecule has 4 heteroatoms. The molecule has 0 radical (unpaired) electrons. The topological polar surface area (TPSA) is 71.8 Å². The number of nitrogens with one attached hydrogen (secondary N) is 1. The highest BCUT2D eigenvalue weighted by molar-refractivity contribution is 5.96. The Bertz CT molecular complexity index is 834. The van der Waals surface area contributed by atoms with E-state index in [4.69, 9.17) is 5.73 Å². The third kappa shape index (κ3) is 1.95. The van der Waals surface area contributed by atoms with E-state index >= 15 is 0 Å². The molecule has 1 heterocycles. The highest BCUT2D eigenvalue weighted by Crippen LogP contribution is 2.24. The second kappa shape index (κ2) is 4.09. The van der Waals surface area contributed by atoms with Crippen molar-refractivity contribution in [2.75, 3.05) is 5.73 Å². The molecule has 3 rings (SSSR count). The van der Waals surface area contributed by atoms with Gasteiger partial charge in [-0.25, -0.2) is 0 Å². The maximum atomic E-state index is 11.9. The summed E-state index contributed by atoms with van der Waals surface area (Å²) in [5, 5.41) is 2.71. The number of H-pyrrole nitrogens is 1. The van der Waals surface area contributed by atoms with Gasteiger partial charge in [0.25, 0.3) is 5.56 Å². The van der Waals surface area contributed by atoms with Gasteiger partial charge in [-0.05, 0) is 34.4 Å². The van der Waals surface area contributed by atoms with E-state index in [2.05, 4.69) is 42.0 Å². The smallest absolute Gasteiger partial charge is 0.282 e. The number of nitrogen functional groups attached to an aromatic ring is 1. The molecular weight excluding hydrogens is 238 g/mol. The molecule has 0 aliphatic carbocycles. The second-order valence-electron chi connectivity index (χ2n) is 5.09. The number of aromatic nitrogens is 2. The molecule has 0 bridgehead atoms. The Morgan fingerprint density at radius 1 is 1.16 bits per heavy atom. The van der Waals surface area contributed by atoms with Gasteiger partial charge < -0.3 is 10.7 Å². The van der Waals surface area contributed by atoms with Crippen molar-refractivity contribution >= 4 is 27.6 Å². The maximum absolute atomic E-state index is 11.9.